The summed E-state index contributed by atoms with van der Waals surface area (Å²) in [5.74, 6) is 0. The zero-order chi connectivity index (χ0) is 8.91. The average Bonchev–Trinajstić information content (AvgIpc) is 1.85. The smallest absolute Gasteiger partial charge is 0.287 e. The van der Waals surface area contributed by atoms with Gasteiger partial charge in [-0.3, -0.25) is 13.0 Å². The molecule has 0 aliphatic heterocycles. The van der Waals surface area contributed by atoms with Crippen molar-refractivity contribution in [2.45, 2.75) is 25.4 Å². The van der Waals surface area contributed by atoms with Gasteiger partial charge in [0.1, 0.15) is 0 Å². The number of hydrogen-bond acceptors (Lipinski definition) is 2. The van der Waals surface area contributed by atoms with Crippen LogP contribution in [0.3, 0.4) is 0 Å². The van der Waals surface area contributed by atoms with Crippen molar-refractivity contribution in [3.05, 3.63) is 0 Å². The molecule has 0 fully saturated rings. The van der Waals surface area contributed by atoms with Crippen LogP contribution in [0.4, 0.5) is 8.22 Å². The summed E-state index contributed by atoms with van der Waals surface area (Å²) < 4.78 is 24.6. The number of rotatable bonds is 4. The molecule has 11 heavy (non-hydrogen) atoms. The van der Waals surface area contributed by atoms with Crippen LogP contribution in [0.15, 0.2) is 0 Å². The molecule has 0 aromatic carbocycles. The maximum atomic E-state index is 12.3. The Morgan fingerprint density at radius 3 is 2.45 bits per heavy atom. The first-order valence-corrected chi connectivity index (χ1v) is 7.09. The third-order valence-electron chi connectivity index (χ3n) is 1.22. The van der Waals surface area contributed by atoms with Gasteiger partial charge >= 0.3 is 8.74 Å². The molecule has 66 valence electrons. The van der Waals surface area contributed by atoms with E-state index in [0.717, 1.165) is 18.3 Å². The number of carbonyl (C=O) groups is 1. The second kappa shape index (κ2) is 4.87. The standard InChI is InChI=1S/C6H12F2OSSi/c1-10-6(9)4-3-5-11(2,7)8/h3-5H2,1-2H3. The Balaban J connectivity index is 3.35. The summed E-state index contributed by atoms with van der Waals surface area (Å²) in [6.07, 6.45) is 2.30. The number of hydrogen-bond donors (Lipinski definition) is 0. The highest BCUT2D eigenvalue weighted by molar-refractivity contribution is 8.13. The van der Waals surface area contributed by atoms with E-state index in [-0.39, 0.29) is 17.6 Å². The molecule has 0 aromatic rings. The predicted molar refractivity (Wildman–Crippen MR) is 46.4 cm³/mol. The van der Waals surface area contributed by atoms with E-state index < -0.39 is 8.74 Å². The van der Waals surface area contributed by atoms with Crippen molar-refractivity contribution in [2.24, 2.45) is 0 Å². The van der Waals surface area contributed by atoms with Gasteiger partial charge in [-0.05, 0) is 25.3 Å². The third-order valence-corrected chi connectivity index (χ3v) is 3.12. The maximum Gasteiger partial charge on any atom is 0.422 e. The molecule has 0 bridgehead atoms. The molecule has 0 saturated heterocycles. The largest absolute Gasteiger partial charge is 0.422 e. The fourth-order valence-corrected chi connectivity index (χ4v) is 1.79. The first-order chi connectivity index (χ1) is 4.95. The lowest BCUT2D eigenvalue weighted by atomic mass is 10.4. The van der Waals surface area contributed by atoms with Crippen LogP contribution in [0.5, 0.6) is 0 Å². The van der Waals surface area contributed by atoms with Crippen molar-refractivity contribution >= 4 is 25.6 Å². The molecule has 0 aromatic heterocycles. The fourth-order valence-electron chi connectivity index (χ4n) is 0.645. The molecule has 0 rings (SSSR count). The van der Waals surface area contributed by atoms with Gasteiger partial charge in [0.15, 0.2) is 5.12 Å². The first kappa shape index (κ1) is 11.1. The SMILES string of the molecule is CSC(=O)CCC[Si](C)(F)F. The summed E-state index contributed by atoms with van der Waals surface area (Å²) in [7, 11) is -3.90. The zero-order valence-corrected chi connectivity index (χ0v) is 8.51. The topological polar surface area (TPSA) is 17.1 Å². The normalized spacial score (nSPS) is 11.6. The minimum absolute atomic E-state index is 0.00301. The summed E-state index contributed by atoms with van der Waals surface area (Å²) in [4.78, 5) is 10.6. The molecule has 0 aliphatic carbocycles. The van der Waals surface area contributed by atoms with Crippen LogP contribution < -0.4 is 0 Å². The molecule has 0 aliphatic rings. The van der Waals surface area contributed by atoms with Gasteiger partial charge in [-0.1, -0.05) is 11.8 Å². The quantitative estimate of drug-likeness (QED) is 0.510. The minimum Gasteiger partial charge on any atom is -0.287 e. The van der Waals surface area contributed by atoms with E-state index in [9.17, 15) is 13.0 Å². The fraction of sp³-hybridized carbons (Fsp3) is 0.833. The van der Waals surface area contributed by atoms with Gasteiger partial charge in [0.25, 0.3) is 0 Å². The molecule has 0 unspecified atom stereocenters. The van der Waals surface area contributed by atoms with Crippen LogP contribution in [0.1, 0.15) is 12.8 Å². The van der Waals surface area contributed by atoms with Gasteiger partial charge in [-0.15, -0.1) is 0 Å². The van der Waals surface area contributed by atoms with Gasteiger partial charge in [0, 0.05) is 6.42 Å². The summed E-state index contributed by atoms with van der Waals surface area (Å²) in [6, 6.07) is -0.0562. The van der Waals surface area contributed by atoms with Crippen molar-refractivity contribution in [1.29, 1.82) is 0 Å². The van der Waals surface area contributed by atoms with Crippen LogP contribution in [-0.2, 0) is 4.79 Å². The van der Waals surface area contributed by atoms with E-state index in [1.54, 1.807) is 6.26 Å². The van der Waals surface area contributed by atoms with Gasteiger partial charge in [-0.2, -0.15) is 0 Å². The second-order valence-corrected chi connectivity index (χ2v) is 6.00. The zero-order valence-electron chi connectivity index (χ0n) is 6.69. The van der Waals surface area contributed by atoms with Crippen molar-refractivity contribution in [1.82, 2.24) is 0 Å². The Bertz CT molecular complexity index is 135. The highest BCUT2D eigenvalue weighted by Gasteiger charge is 2.26. The molecule has 5 heteroatoms. The lowest BCUT2D eigenvalue weighted by Crippen LogP contribution is -2.15. The Hall–Kier alpha value is 0.0969. The van der Waals surface area contributed by atoms with Crippen molar-refractivity contribution in [3.8, 4) is 0 Å². The second-order valence-electron chi connectivity index (χ2n) is 2.50. The molecule has 0 atom stereocenters. The van der Waals surface area contributed by atoms with Crippen LogP contribution in [0, 0.1) is 0 Å². The molecule has 0 heterocycles. The van der Waals surface area contributed by atoms with Crippen LogP contribution in [0.25, 0.3) is 0 Å². The molecule has 1 nitrogen and oxygen atoms in total. The molecule has 0 spiro atoms. The predicted octanol–water partition coefficient (Wildman–Crippen LogP) is 2.67. The van der Waals surface area contributed by atoms with E-state index in [2.05, 4.69) is 0 Å². The number of carbonyl (C=O) groups excluding carboxylic acids is 1. The van der Waals surface area contributed by atoms with Crippen LogP contribution >= 0.6 is 11.8 Å². The molecular weight excluding hydrogens is 186 g/mol. The van der Waals surface area contributed by atoms with Crippen LogP contribution in [-0.4, -0.2) is 20.1 Å². The number of thioether (sulfide) groups is 1. The Morgan fingerprint density at radius 2 is 2.09 bits per heavy atom. The molecule has 0 N–H and O–H groups in total. The Kier molecular flexibility index (Phi) is 4.91. The Labute approximate surface area is 70.9 Å². The summed E-state index contributed by atoms with van der Waals surface area (Å²) in [5.41, 5.74) is 0. The Morgan fingerprint density at radius 1 is 1.55 bits per heavy atom. The summed E-state index contributed by atoms with van der Waals surface area (Å²) >= 11 is 1.11. The van der Waals surface area contributed by atoms with Crippen LogP contribution in [0.2, 0.25) is 12.6 Å². The summed E-state index contributed by atoms with van der Waals surface area (Å²) in [6.45, 7) is 1.01. The average molecular weight is 198 g/mol. The van der Waals surface area contributed by atoms with Gasteiger partial charge in [-0.25, -0.2) is 0 Å². The van der Waals surface area contributed by atoms with Gasteiger partial charge in [0.05, 0.1) is 0 Å². The lowest BCUT2D eigenvalue weighted by molar-refractivity contribution is -0.110. The van der Waals surface area contributed by atoms with E-state index in [0.29, 0.717) is 6.42 Å². The van der Waals surface area contributed by atoms with E-state index in [4.69, 9.17) is 0 Å². The molecule has 0 saturated carbocycles. The highest BCUT2D eigenvalue weighted by atomic mass is 32.2. The maximum absolute atomic E-state index is 12.3. The molecular formula is C6H12F2OSSi. The molecule has 0 radical (unpaired) electrons. The third kappa shape index (κ3) is 8.00. The number of halogens is 2. The monoisotopic (exact) mass is 198 g/mol. The lowest BCUT2D eigenvalue weighted by Gasteiger charge is -2.04. The van der Waals surface area contributed by atoms with Gasteiger partial charge < -0.3 is 0 Å². The van der Waals surface area contributed by atoms with E-state index in [1.165, 1.54) is 0 Å². The van der Waals surface area contributed by atoms with Gasteiger partial charge in [0.2, 0.25) is 0 Å². The van der Waals surface area contributed by atoms with Crippen molar-refractivity contribution in [3.63, 3.8) is 0 Å². The minimum atomic E-state index is -3.90. The van der Waals surface area contributed by atoms with Crippen molar-refractivity contribution in [2.75, 3.05) is 6.26 Å². The van der Waals surface area contributed by atoms with Crippen molar-refractivity contribution < 1.29 is 13.0 Å². The van der Waals surface area contributed by atoms with E-state index in [1.807, 2.05) is 0 Å². The summed E-state index contributed by atoms with van der Waals surface area (Å²) in [5, 5.41) is 0.00301. The first-order valence-electron chi connectivity index (χ1n) is 3.40. The molecule has 0 amide bonds. The highest BCUT2D eigenvalue weighted by Crippen LogP contribution is 2.17. The van der Waals surface area contributed by atoms with E-state index >= 15 is 0 Å².